The Morgan fingerprint density at radius 3 is 2.90 bits per heavy atom. The van der Waals surface area contributed by atoms with Gasteiger partial charge in [-0.1, -0.05) is 0 Å². The zero-order valence-corrected chi connectivity index (χ0v) is 12.5. The second kappa shape index (κ2) is 5.28. The number of hydrogen-bond donors (Lipinski definition) is 2. The van der Waals surface area contributed by atoms with Gasteiger partial charge < -0.3 is 10.3 Å². The molecule has 1 fully saturated rings. The van der Waals surface area contributed by atoms with Gasteiger partial charge in [0.15, 0.2) is 0 Å². The molecular formula is C12H16N4O2S2. The molecule has 0 saturated heterocycles. The van der Waals surface area contributed by atoms with E-state index in [1.165, 1.54) is 11.3 Å². The van der Waals surface area contributed by atoms with Gasteiger partial charge in [-0.2, -0.15) is 0 Å². The third kappa shape index (κ3) is 2.78. The predicted octanol–water partition coefficient (Wildman–Crippen LogP) is 1.22. The highest BCUT2D eigenvalue weighted by molar-refractivity contribution is 7.89. The normalized spacial score (nSPS) is 15.7. The Morgan fingerprint density at radius 1 is 1.50 bits per heavy atom. The molecule has 20 heavy (non-hydrogen) atoms. The molecule has 0 atom stereocenters. The predicted molar refractivity (Wildman–Crippen MR) is 76.7 cm³/mol. The summed E-state index contributed by atoms with van der Waals surface area (Å²) < 4.78 is 29.1. The van der Waals surface area contributed by atoms with Crippen molar-refractivity contribution >= 4 is 21.4 Å². The van der Waals surface area contributed by atoms with Crippen molar-refractivity contribution in [3.63, 3.8) is 0 Å². The molecule has 0 radical (unpaired) electrons. The van der Waals surface area contributed by atoms with Crippen LogP contribution in [-0.4, -0.2) is 18.0 Å². The van der Waals surface area contributed by atoms with Crippen LogP contribution in [0, 0.1) is 0 Å². The van der Waals surface area contributed by atoms with Crippen LogP contribution in [0.4, 0.5) is 0 Å². The van der Waals surface area contributed by atoms with E-state index in [1.54, 1.807) is 17.8 Å². The molecular weight excluding hydrogens is 296 g/mol. The molecule has 0 unspecified atom stereocenters. The quantitative estimate of drug-likeness (QED) is 0.839. The average Bonchev–Trinajstić information content (AvgIpc) is 2.98. The minimum atomic E-state index is -3.52. The third-order valence-electron chi connectivity index (χ3n) is 3.29. The lowest BCUT2D eigenvalue weighted by Crippen LogP contribution is -2.23. The first-order chi connectivity index (χ1) is 9.60. The van der Waals surface area contributed by atoms with Gasteiger partial charge in [-0.15, -0.1) is 11.3 Å². The van der Waals surface area contributed by atoms with Crippen molar-refractivity contribution in [1.29, 1.82) is 0 Å². The van der Waals surface area contributed by atoms with Crippen molar-refractivity contribution < 1.29 is 8.42 Å². The molecule has 2 aromatic rings. The van der Waals surface area contributed by atoms with E-state index in [0.717, 1.165) is 24.2 Å². The van der Waals surface area contributed by atoms with E-state index >= 15 is 0 Å². The zero-order valence-electron chi connectivity index (χ0n) is 10.8. The summed E-state index contributed by atoms with van der Waals surface area (Å²) in [7, 11) is -3.52. The summed E-state index contributed by atoms with van der Waals surface area (Å²) >= 11 is 1.44. The lowest BCUT2D eigenvalue weighted by Gasteiger charge is -2.04. The molecule has 108 valence electrons. The fourth-order valence-corrected chi connectivity index (χ4v) is 3.68. The molecule has 0 bridgehead atoms. The monoisotopic (exact) mass is 312 g/mol. The maximum atomic E-state index is 12.3. The highest BCUT2D eigenvalue weighted by Gasteiger charge is 2.27. The van der Waals surface area contributed by atoms with E-state index in [9.17, 15) is 8.42 Å². The minimum absolute atomic E-state index is 0.207. The van der Waals surface area contributed by atoms with Crippen LogP contribution in [0.2, 0.25) is 0 Å². The first-order valence-corrected chi connectivity index (χ1v) is 8.80. The van der Waals surface area contributed by atoms with Gasteiger partial charge >= 0.3 is 0 Å². The second-order valence-corrected chi connectivity index (χ2v) is 7.30. The Bertz CT molecular complexity index is 687. The van der Waals surface area contributed by atoms with E-state index in [2.05, 4.69) is 9.71 Å². The van der Waals surface area contributed by atoms with Gasteiger partial charge in [0.1, 0.15) is 0 Å². The number of hydrogen-bond acceptors (Lipinski definition) is 5. The van der Waals surface area contributed by atoms with Crippen LogP contribution in [0.3, 0.4) is 0 Å². The first-order valence-electron chi connectivity index (χ1n) is 6.37. The van der Waals surface area contributed by atoms with Crippen LogP contribution >= 0.6 is 11.3 Å². The van der Waals surface area contributed by atoms with E-state index in [4.69, 9.17) is 5.73 Å². The molecule has 0 aliphatic heterocycles. The second-order valence-electron chi connectivity index (χ2n) is 4.81. The van der Waals surface area contributed by atoms with E-state index in [-0.39, 0.29) is 11.4 Å². The van der Waals surface area contributed by atoms with Crippen LogP contribution in [0.25, 0.3) is 0 Å². The molecule has 1 saturated carbocycles. The summed E-state index contributed by atoms with van der Waals surface area (Å²) in [6.45, 7) is 0.552. The largest absolute Gasteiger partial charge is 0.346 e. The van der Waals surface area contributed by atoms with Gasteiger partial charge in [0.05, 0.1) is 22.6 Å². The zero-order chi connectivity index (χ0) is 14.2. The number of rotatable bonds is 6. The Kier molecular flexibility index (Phi) is 3.63. The average molecular weight is 312 g/mol. The lowest BCUT2D eigenvalue weighted by molar-refractivity contribution is 0.580. The molecule has 3 N–H and O–H groups in total. The highest BCUT2D eigenvalue weighted by atomic mass is 32.2. The number of thiazole rings is 1. The topological polar surface area (TPSA) is 90.0 Å². The molecule has 2 aromatic heterocycles. The molecule has 0 amide bonds. The summed E-state index contributed by atoms with van der Waals surface area (Å²) in [5.74, 6) is 0. The van der Waals surface area contributed by atoms with Gasteiger partial charge in [0.25, 0.3) is 0 Å². The van der Waals surface area contributed by atoms with Crippen LogP contribution in [0.5, 0.6) is 0 Å². The van der Waals surface area contributed by atoms with E-state index in [0.29, 0.717) is 12.6 Å². The van der Waals surface area contributed by atoms with Gasteiger partial charge in [-0.3, -0.25) is 0 Å². The van der Waals surface area contributed by atoms with Gasteiger partial charge in [-0.25, -0.2) is 18.1 Å². The Morgan fingerprint density at radius 2 is 2.30 bits per heavy atom. The Hall–Kier alpha value is -1.22. The van der Waals surface area contributed by atoms with E-state index in [1.807, 2.05) is 9.95 Å². The van der Waals surface area contributed by atoms with Crippen molar-refractivity contribution in [2.75, 3.05) is 0 Å². The van der Waals surface area contributed by atoms with Crippen molar-refractivity contribution in [2.45, 2.75) is 36.9 Å². The number of nitrogens with one attached hydrogen (secondary N) is 1. The summed E-state index contributed by atoms with van der Waals surface area (Å²) in [4.78, 5) is 4.33. The fourth-order valence-electron chi connectivity index (χ4n) is 2.08. The first kappa shape index (κ1) is 13.7. The maximum absolute atomic E-state index is 12.3. The molecule has 3 rings (SSSR count). The van der Waals surface area contributed by atoms with Crippen molar-refractivity contribution in [1.82, 2.24) is 14.3 Å². The molecule has 2 heterocycles. The molecule has 8 heteroatoms. The molecule has 1 aliphatic rings. The lowest BCUT2D eigenvalue weighted by atomic mass is 10.4. The number of nitrogens with zero attached hydrogens (tertiary/aromatic N) is 2. The summed E-state index contributed by atoms with van der Waals surface area (Å²) in [6, 6.07) is 2.07. The maximum Gasteiger partial charge on any atom is 0.242 e. The third-order valence-corrected chi connectivity index (χ3v) is 5.30. The summed E-state index contributed by atoms with van der Waals surface area (Å²) in [6.07, 6.45) is 3.87. The number of sulfonamides is 1. The number of aromatic nitrogens is 2. The van der Waals surface area contributed by atoms with Crippen LogP contribution < -0.4 is 10.5 Å². The van der Waals surface area contributed by atoms with Crippen molar-refractivity contribution in [3.05, 3.63) is 34.5 Å². The molecule has 1 aliphatic carbocycles. The summed E-state index contributed by atoms with van der Waals surface area (Å²) in [5, 5.41) is 1.82. The Balaban J connectivity index is 1.79. The Labute approximate surface area is 121 Å². The number of nitrogens with two attached hydrogens (primary N) is 1. The van der Waals surface area contributed by atoms with Crippen LogP contribution in [0.15, 0.2) is 28.0 Å². The van der Waals surface area contributed by atoms with Crippen molar-refractivity contribution in [3.8, 4) is 0 Å². The molecule has 0 spiro atoms. The van der Waals surface area contributed by atoms with Gasteiger partial charge in [0.2, 0.25) is 10.0 Å². The SMILES string of the molecule is NCc1cc(S(=O)(=O)NCc2cscn2)cn1C1CC1. The molecule has 0 aromatic carbocycles. The standard InChI is InChI=1S/C12H16N4O2S2/c13-4-11-3-12(6-16(11)10-1-2-10)20(17,18)15-5-9-7-19-8-14-9/h3,6-8,10,15H,1-2,4-5,13H2. The van der Waals surface area contributed by atoms with Crippen LogP contribution in [-0.2, 0) is 23.1 Å². The van der Waals surface area contributed by atoms with Crippen LogP contribution in [0.1, 0.15) is 30.3 Å². The smallest absolute Gasteiger partial charge is 0.242 e. The highest BCUT2D eigenvalue weighted by Crippen LogP contribution is 2.37. The fraction of sp³-hybridized carbons (Fsp3) is 0.417. The minimum Gasteiger partial charge on any atom is -0.346 e. The summed E-state index contributed by atoms with van der Waals surface area (Å²) in [5.41, 5.74) is 8.94. The van der Waals surface area contributed by atoms with Crippen molar-refractivity contribution in [2.24, 2.45) is 5.73 Å². The van der Waals surface area contributed by atoms with Gasteiger partial charge in [0, 0.05) is 29.9 Å². The van der Waals surface area contributed by atoms with E-state index < -0.39 is 10.0 Å². The molecule has 6 nitrogen and oxygen atoms in total. The van der Waals surface area contributed by atoms with Gasteiger partial charge in [-0.05, 0) is 18.9 Å².